The van der Waals surface area contributed by atoms with E-state index in [1.54, 1.807) is 11.1 Å². The van der Waals surface area contributed by atoms with Crippen molar-refractivity contribution in [1.82, 2.24) is 4.57 Å². The maximum absolute atomic E-state index is 2.63. The quantitative estimate of drug-likeness (QED) is 0.147. The van der Waals surface area contributed by atoms with E-state index in [0.717, 1.165) is 46.4 Å². The van der Waals surface area contributed by atoms with Gasteiger partial charge in [-0.3, -0.25) is 0 Å². The Morgan fingerprint density at radius 1 is 0.382 bits per heavy atom. The Bertz CT molecular complexity index is 4330. The van der Waals surface area contributed by atoms with Crippen molar-refractivity contribution in [2.24, 2.45) is 29.1 Å². The first-order valence-electron chi connectivity index (χ1n) is 27.7. The fourth-order valence-corrected chi connectivity index (χ4v) is 16.9. The fourth-order valence-electron chi connectivity index (χ4n) is 16.9. The maximum Gasteiger partial charge on any atom is 0.0547 e. The van der Waals surface area contributed by atoms with E-state index in [1.165, 1.54) is 114 Å². The smallest absolute Gasteiger partial charge is 0.0547 e. The average molecular weight is 971 g/mol. The lowest BCUT2D eigenvalue weighted by atomic mass is 9.27. The molecule has 1 aromatic heterocycles. The molecule has 1 heterocycles. The molecule has 0 aliphatic heterocycles. The summed E-state index contributed by atoms with van der Waals surface area (Å²) in [7, 11) is 0. The van der Waals surface area contributed by atoms with E-state index < -0.39 is 0 Å². The van der Waals surface area contributed by atoms with Gasteiger partial charge in [0.1, 0.15) is 0 Å². The number of fused-ring (bicyclic) bond motifs is 12. The topological polar surface area (TPSA) is 8.17 Å². The first-order chi connectivity index (χ1) is 37.6. The first-order valence-corrected chi connectivity index (χ1v) is 27.7. The van der Waals surface area contributed by atoms with Crippen LogP contribution in [0.5, 0.6) is 0 Å². The lowest BCUT2D eigenvalue weighted by molar-refractivity contribution is -0.231. The van der Waals surface area contributed by atoms with Gasteiger partial charge in [0.25, 0.3) is 0 Å². The van der Waals surface area contributed by atoms with E-state index in [2.05, 4.69) is 264 Å². The third-order valence-electron chi connectivity index (χ3n) is 19.6. The van der Waals surface area contributed by atoms with Crippen LogP contribution < -0.4 is 4.90 Å². The second-order valence-corrected chi connectivity index (χ2v) is 22.8. The molecule has 6 unspecified atom stereocenters. The van der Waals surface area contributed by atoms with E-state index in [-0.39, 0.29) is 5.41 Å². The monoisotopic (exact) mass is 970 g/mol. The van der Waals surface area contributed by atoms with E-state index in [1.807, 2.05) is 0 Å². The van der Waals surface area contributed by atoms with Gasteiger partial charge >= 0.3 is 0 Å². The van der Waals surface area contributed by atoms with Gasteiger partial charge in [0.2, 0.25) is 0 Å². The standard InChI is InChI=1S/C74H54N2/c1-3-16-49(17-4-1)58-27-14-18-50-19-15-28-64(72(50)58)62-26-9-11-30-67(62)75(57-23-13-20-51(42-57)53-35-39-63-61-25-8-12-31-68(61)76(69(63)44-53)55-21-5-2-6-22-55)56-36-32-48(33-37-56)52-34-38-60-59-24-7-10-29-65(59)74(66(60)43-52)70-41-47-40-54-45-71(74)73(54,70)46-47/h1-39,42-44,47,54,70-71H,40-41,45-46H2. The highest BCUT2D eigenvalue weighted by Gasteiger charge is 2.84. The minimum Gasteiger partial charge on any atom is -0.310 e. The molecule has 2 bridgehead atoms. The molecular weight excluding hydrogens is 917 g/mol. The van der Waals surface area contributed by atoms with Gasteiger partial charge < -0.3 is 9.47 Å². The largest absolute Gasteiger partial charge is 0.310 e. The second kappa shape index (κ2) is 15.9. The Morgan fingerprint density at radius 2 is 1.01 bits per heavy atom. The SMILES string of the molecule is c1ccc(-c2cccc3cccc(-c4ccccc4N(c4ccc(-c5ccc6c(c5)C5(c7ccccc7-6)C6CC7CC8CC5C86C7)cc4)c4cccc(-c5ccc6c7ccccc7n(-c7ccccc7)c6c5)c4)c23)cc1. The number of anilines is 3. The molecule has 2 nitrogen and oxygen atoms in total. The van der Waals surface area contributed by atoms with Crippen molar-refractivity contribution in [3.8, 4) is 61.3 Å². The van der Waals surface area contributed by atoms with Crippen molar-refractivity contribution >= 4 is 49.6 Å². The van der Waals surface area contributed by atoms with Gasteiger partial charge in [0, 0.05) is 38.8 Å². The number of hydrogen-bond acceptors (Lipinski definition) is 1. The predicted molar refractivity (Wildman–Crippen MR) is 316 cm³/mol. The Morgan fingerprint density at radius 3 is 1.87 bits per heavy atom. The zero-order chi connectivity index (χ0) is 49.7. The molecule has 4 fully saturated rings. The summed E-state index contributed by atoms with van der Waals surface area (Å²) in [5.41, 5.74) is 23.7. The van der Waals surface area contributed by atoms with Crippen LogP contribution >= 0.6 is 0 Å². The van der Waals surface area contributed by atoms with Crippen LogP contribution in [0.2, 0.25) is 0 Å². The van der Waals surface area contributed by atoms with Crippen LogP contribution in [0.1, 0.15) is 36.8 Å². The number of para-hydroxylation sites is 3. The van der Waals surface area contributed by atoms with Crippen LogP contribution in [0.4, 0.5) is 17.1 Å². The molecule has 2 heteroatoms. The summed E-state index contributed by atoms with van der Waals surface area (Å²) in [6.45, 7) is 0. The molecule has 360 valence electrons. The van der Waals surface area contributed by atoms with Gasteiger partial charge in [0.15, 0.2) is 0 Å². The first kappa shape index (κ1) is 42.6. The molecule has 0 N–H and O–H groups in total. The lowest BCUT2D eigenvalue weighted by Gasteiger charge is -2.76. The van der Waals surface area contributed by atoms with Crippen molar-refractivity contribution in [2.45, 2.75) is 31.1 Å². The second-order valence-electron chi connectivity index (χ2n) is 22.8. The van der Waals surface area contributed by atoms with Crippen LogP contribution in [-0.4, -0.2) is 4.57 Å². The Labute approximate surface area is 444 Å². The predicted octanol–water partition coefficient (Wildman–Crippen LogP) is 19.4. The number of nitrogens with zero attached hydrogens (tertiary/aromatic N) is 2. The third-order valence-corrected chi connectivity index (χ3v) is 19.6. The Kier molecular flexibility index (Phi) is 8.92. The minimum atomic E-state index is 0.170. The highest BCUT2D eigenvalue weighted by molar-refractivity contribution is 6.11. The summed E-state index contributed by atoms with van der Waals surface area (Å²) in [6.07, 6.45) is 5.80. The summed E-state index contributed by atoms with van der Waals surface area (Å²) in [5.74, 6) is 3.47. The molecule has 0 radical (unpaired) electrons. The number of rotatable bonds is 8. The zero-order valence-electron chi connectivity index (χ0n) is 42.3. The molecule has 17 rings (SSSR count). The van der Waals surface area contributed by atoms with E-state index in [0.29, 0.717) is 5.41 Å². The summed E-state index contributed by atoms with van der Waals surface area (Å²) in [4.78, 5) is 2.50. The molecule has 76 heavy (non-hydrogen) atoms. The molecule has 12 aromatic rings. The van der Waals surface area contributed by atoms with Gasteiger partial charge in [-0.15, -0.1) is 0 Å². The third kappa shape index (κ3) is 5.71. The van der Waals surface area contributed by atoms with E-state index in [4.69, 9.17) is 0 Å². The van der Waals surface area contributed by atoms with Crippen molar-refractivity contribution in [1.29, 1.82) is 0 Å². The Balaban J connectivity index is 0.821. The van der Waals surface area contributed by atoms with Gasteiger partial charge in [0.05, 0.1) is 16.7 Å². The molecule has 0 saturated heterocycles. The van der Waals surface area contributed by atoms with Crippen LogP contribution in [0.3, 0.4) is 0 Å². The minimum absolute atomic E-state index is 0.170. The fraction of sp³-hybridized carbons (Fsp3) is 0.135. The summed E-state index contributed by atoms with van der Waals surface area (Å²) < 4.78 is 2.42. The van der Waals surface area contributed by atoms with Crippen molar-refractivity contribution in [2.75, 3.05) is 4.90 Å². The number of hydrogen-bond donors (Lipinski definition) is 0. The van der Waals surface area contributed by atoms with Gasteiger partial charge in [-0.25, -0.2) is 0 Å². The van der Waals surface area contributed by atoms with Gasteiger partial charge in [-0.1, -0.05) is 194 Å². The van der Waals surface area contributed by atoms with Crippen molar-refractivity contribution in [3.63, 3.8) is 0 Å². The molecule has 2 spiro atoms. The average Bonchev–Trinajstić information content (AvgIpc) is 2.83. The van der Waals surface area contributed by atoms with E-state index >= 15 is 0 Å². The normalized spacial score (nSPS) is 22.1. The zero-order valence-corrected chi connectivity index (χ0v) is 42.3. The summed E-state index contributed by atoms with van der Waals surface area (Å²) in [6, 6.07) is 95.7. The van der Waals surface area contributed by atoms with Crippen LogP contribution in [0, 0.1) is 29.1 Å². The van der Waals surface area contributed by atoms with Crippen LogP contribution in [0.15, 0.2) is 255 Å². The lowest BCUT2D eigenvalue weighted by Crippen LogP contribution is -2.73. The highest BCUT2D eigenvalue weighted by Crippen LogP contribution is 2.89. The Hall–Kier alpha value is -8.72. The summed E-state index contributed by atoms with van der Waals surface area (Å²) in [5, 5.41) is 4.99. The van der Waals surface area contributed by atoms with Crippen LogP contribution in [-0.2, 0) is 5.41 Å². The van der Waals surface area contributed by atoms with E-state index in [9.17, 15) is 0 Å². The maximum atomic E-state index is 2.63. The van der Waals surface area contributed by atoms with Crippen molar-refractivity contribution in [3.05, 3.63) is 266 Å². The molecule has 5 aliphatic rings. The molecule has 0 amide bonds. The van der Waals surface area contributed by atoms with Gasteiger partial charge in [-0.2, -0.15) is 0 Å². The molecule has 11 aromatic carbocycles. The van der Waals surface area contributed by atoms with Crippen LogP contribution in [0.25, 0.3) is 93.9 Å². The molecular formula is C74H54N2. The molecule has 5 aliphatic carbocycles. The molecule has 6 atom stereocenters. The van der Waals surface area contributed by atoms with Crippen molar-refractivity contribution < 1.29 is 0 Å². The molecule has 4 saturated carbocycles. The number of benzene rings is 11. The summed E-state index contributed by atoms with van der Waals surface area (Å²) >= 11 is 0. The highest BCUT2D eigenvalue weighted by atomic mass is 15.1. The number of aromatic nitrogens is 1. The van der Waals surface area contributed by atoms with Gasteiger partial charge in [-0.05, 0) is 187 Å².